The minimum atomic E-state index is -4.26. The van der Waals surface area contributed by atoms with E-state index in [1.54, 1.807) is 0 Å². The van der Waals surface area contributed by atoms with Gasteiger partial charge >= 0.3 is 6.61 Å². The lowest BCUT2D eigenvalue weighted by molar-refractivity contribution is -0.0533. The lowest BCUT2D eigenvalue weighted by atomic mass is 10.2. The second-order valence-corrected chi connectivity index (χ2v) is 7.14. The molecule has 0 atom stereocenters. The number of sulfonamides is 1. The third kappa shape index (κ3) is 4.37. The van der Waals surface area contributed by atoms with Crippen molar-refractivity contribution in [1.29, 1.82) is 0 Å². The Hall–Kier alpha value is -3.55. The fourth-order valence-corrected chi connectivity index (χ4v) is 3.29. The molecule has 14 heteroatoms. The number of hydrogen-bond donors (Lipinski definition) is 2. The topological polar surface area (TPSA) is 128 Å². The Morgan fingerprint density at radius 2 is 1.83 bits per heavy atom. The number of methoxy groups -OCH3 is 2. The van der Waals surface area contributed by atoms with Crippen LogP contribution >= 0.6 is 0 Å². The van der Waals surface area contributed by atoms with E-state index in [1.807, 2.05) is 0 Å². The third-order valence-electron chi connectivity index (χ3n) is 3.60. The molecule has 160 valence electrons. The predicted molar refractivity (Wildman–Crippen MR) is 96.6 cm³/mol. The van der Waals surface area contributed by atoms with Crippen LogP contribution in [0.15, 0.2) is 35.5 Å². The maximum atomic E-state index is 13.9. The fraction of sp³-hybridized carbons (Fsp3) is 0.188. The molecule has 0 aromatic carbocycles. The van der Waals surface area contributed by atoms with Gasteiger partial charge in [0.25, 0.3) is 21.8 Å². The van der Waals surface area contributed by atoms with Gasteiger partial charge in [-0.1, -0.05) is 0 Å². The number of ether oxygens (including phenoxy) is 3. The van der Waals surface area contributed by atoms with Crippen LogP contribution in [0.1, 0.15) is 0 Å². The number of hydrogen-bond acceptors (Lipinski definition) is 8. The van der Waals surface area contributed by atoms with E-state index >= 15 is 0 Å². The minimum absolute atomic E-state index is 0.0768. The van der Waals surface area contributed by atoms with Gasteiger partial charge < -0.3 is 19.2 Å². The number of alkyl halides is 2. The van der Waals surface area contributed by atoms with Gasteiger partial charge in [0.1, 0.15) is 10.6 Å². The summed E-state index contributed by atoms with van der Waals surface area (Å²) in [6.45, 7) is -3.22. The number of H-pyrrole nitrogens is 1. The van der Waals surface area contributed by atoms with Crippen molar-refractivity contribution in [3.8, 4) is 28.9 Å². The van der Waals surface area contributed by atoms with E-state index in [2.05, 4.69) is 29.4 Å². The normalized spacial score (nSPS) is 11.4. The molecule has 0 unspecified atom stereocenters. The Bertz CT molecular complexity index is 1130. The highest BCUT2D eigenvalue weighted by molar-refractivity contribution is 7.92. The van der Waals surface area contributed by atoms with Crippen molar-refractivity contribution < 1.29 is 35.8 Å². The van der Waals surface area contributed by atoms with E-state index < -0.39 is 45.9 Å². The Balaban J connectivity index is 1.93. The molecule has 0 radical (unpaired) electrons. The second-order valence-electron chi connectivity index (χ2n) is 5.46. The summed E-state index contributed by atoms with van der Waals surface area (Å²) < 4.78 is 80.3. The summed E-state index contributed by atoms with van der Waals surface area (Å²) in [5, 5.41) is 0. The summed E-state index contributed by atoms with van der Waals surface area (Å²) in [5.74, 6) is -2.75. The fourth-order valence-electron chi connectivity index (χ4n) is 2.35. The highest BCUT2D eigenvalue weighted by atomic mass is 32.2. The lowest BCUT2D eigenvalue weighted by Crippen LogP contribution is -2.16. The van der Waals surface area contributed by atoms with Crippen LogP contribution in [0.4, 0.5) is 19.1 Å². The van der Waals surface area contributed by atoms with Crippen molar-refractivity contribution >= 4 is 16.0 Å². The van der Waals surface area contributed by atoms with Crippen molar-refractivity contribution in [3.05, 3.63) is 36.4 Å². The van der Waals surface area contributed by atoms with Gasteiger partial charge in [0.2, 0.25) is 11.7 Å². The standard InChI is InChI=1S/C16H14F3N5O5S/c1-27-13-12(29-15(18)19)14(28-2)23-16(22-13)24-30(25,26)8-6-10(21-7-8)11-9(17)4-3-5-20-11/h3-7,15,21H,1-2H3,(H,22,23,24). The first kappa shape index (κ1) is 21.2. The quantitative estimate of drug-likeness (QED) is 0.541. The molecule has 0 aliphatic carbocycles. The maximum Gasteiger partial charge on any atom is 0.387 e. The largest absolute Gasteiger partial charge is 0.478 e. The van der Waals surface area contributed by atoms with E-state index in [-0.39, 0.29) is 16.3 Å². The van der Waals surface area contributed by atoms with Crippen molar-refractivity contribution in [1.82, 2.24) is 19.9 Å². The minimum Gasteiger partial charge on any atom is -0.478 e. The molecule has 0 fully saturated rings. The van der Waals surface area contributed by atoms with Crippen molar-refractivity contribution in [2.45, 2.75) is 11.5 Å². The molecule has 3 aromatic heterocycles. The molecule has 10 nitrogen and oxygen atoms in total. The highest BCUT2D eigenvalue weighted by Crippen LogP contribution is 2.36. The Morgan fingerprint density at radius 3 is 2.40 bits per heavy atom. The van der Waals surface area contributed by atoms with Crippen LogP contribution in [0, 0.1) is 5.82 Å². The smallest absolute Gasteiger partial charge is 0.387 e. The van der Waals surface area contributed by atoms with E-state index in [1.165, 1.54) is 18.3 Å². The second kappa shape index (κ2) is 8.44. The van der Waals surface area contributed by atoms with E-state index in [0.29, 0.717) is 0 Å². The van der Waals surface area contributed by atoms with E-state index in [9.17, 15) is 21.6 Å². The number of nitrogens with zero attached hydrogens (tertiary/aromatic N) is 3. The van der Waals surface area contributed by atoms with Gasteiger partial charge in [-0.05, 0) is 18.2 Å². The van der Waals surface area contributed by atoms with E-state index in [0.717, 1.165) is 26.5 Å². The van der Waals surface area contributed by atoms with Gasteiger partial charge in [-0.2, -0.15) is 18.7 Å². The van der Waals surface area contributed by atoms with Crippen LogP contribution in [-0.2, 0) is 10.0 Å². The summed E-state index contributed by atoms with van der Waals surface area (Å²) in [4.78, 5) is 13.6. The zero-order valence-electron chi connectivity index (χ0n) is 15.4. The molecule has 2 N–H and O–H groups in total. The Kier molecular flexibility index (Phi) is 5.96. The number of aromatic amines is 1. The van der Waals surface area contributed by atoms with Crippen LogP contribution < -0.4 is 18.9 Å². The average molecular weight is 445 g/mol. The Morgan fingerprint density at radius 1 is 1.17 bits per heavy atom. The van der Waals surface area contributed by atoms with Crippen LogP contribution in [0.3, 0.4) is 0 Å². The molecule has 0 amide bonds. The molecule has 0 saturated carbocycles. The third-order valence-corrected chi connectivity index (χ3v) is 4.91. The molecule has 30 heavy (non-hydrogen) atoms. The number of rotatable bonds is 8. The molecule has 0 bridgehead atoms. The van der Waals surface area contributed by atoms with Crippen molar-refractivity contribution in [2.24, 2.45) is 0 Å². The molecule has 3 aromatic rings. The van der Waals surface area contributed by atoms with Gasteiger partial charge in [0, 0.05) is 12.4 Å². The number of pyridine rings is 1. The average Bonchev–Trinajstić information content (AvgIpc) is 3.19. The molecular weight excluding hydrogens is 431 g/mol. The number of aromatic nitrogens is 4. The van der Waals surface area contributed by atoms with Crippen LogP contribution in [0.5, 0.6) is 17.5 Å². The zero-order valence-corrected chi connectivity index (χ0v) is 16.2. The van der Waals surface area contributed by atoms with E-state index in [4.69, 9.17) is 9.47 Å². The summed E-state index contributed by atoms with van der Waals surface area (Å²) >= 11 is 0. The zero-order chi connectivity index (χ0) is 21.9. The molecule has 3 rings (SSSR count). The first-order valence-corrected chi connectivity index (χ1v) is 9.50. The van der Waals surface area contributed by atoms with Gasteiger partial charge in [-0.15, -0.1) is 0 Å². The monoisotopic (exact) mass is 445 g/mol. The van der Waals surface area contributed by atoms with Crippen LogP contribution in [-0.4, -0.2) is 49.2 Å². The molecular formula is C16H14F3N5O5S. The van der Waals surface area contributed by atoms with Crippen molar-refractivity contribution in [2.75, 3.05) is 18.9 Å². The SMILES string of the molecule is COc1nc(NS(=O)(=O)c2c[nH]c(-c3ncccc3F)c2)nc(OC)c1OC(F)F. The maximum absolute atomic E-state index is 13.9. The first-order valence-electron chi connectivity index (χ1n) is 8.02. The molecule has 0 spiro atoms. The summed E-state index contributed by atoms with van der Waals surface area (Å²) in [6, 6.07) is 3.71. The number of nitrogens with one attached hydrogen (secondary N) is 2. The van der Waals surface area contributed by atoms with Gasteiger partial charge in [-0.25, -0.2) is 17.5 Å². The molecule has 0 aliphatic heterocycles. The predicted octanol–water partition coefficient (Wildman–Crippen LogP) is 2.43. The molecule has 0 aliphatic rings. The van der Waals surface area contributed by atoms with Crippen LogP contribution in [0.2, 0.25) is 0 Å². The van der Waals surface area contributed by atoms with Gasteiger partial charge in [0.15, 0.2) is 5.82 Å². The lowest BCUT2D eigenvalue weighted by Gasteiger charge is -2.13. The summed E-state index contributed by atoms with van der Waals surface area (Å²) in [6.07, 6.45) is 2.45. The van der Waals surface area contributed by atoms with Gasteiger partial charge in [0.05, 0.1) is 19.9 Å². The molecule has 3 heterocycles. The summed E-state index contributed by atoms with van der Waals surface area (Å²) in [7, 11) is -2.04. The first-order chi connectivity index (χ1) is 14.2. The highest BCUT2D eigenvalue weighted by Gasteiger charge is 2.25. The number of halogens is 3. The molecule has 0 saturated heterocycles. The van der Waals surface area contributed by atoms with Gasteiger partial charge in [-0.3, -0.25) is 4.98 Å². The number of anilines is 1. The van der Waals surface area contributed by atoms with Crippen LogP contribution in [0.25, 0.3) is 11.4 Å². The Labute approximate surface area is 168 Å². The summed E-state index contributed by atoms with van der Waals surface area (Å²) in [5.41, 5.74) is 0.0391. The van der Waals surface area contributed by atoms with Crippen molar-refractivity contribution in [3.63, 3.8) is 0 Å².